The zero-order chi connectivity index (χ0) is 10.3. The van der Waals surface area contributed by atoms with Crippen molar-refractivity contribution in [2.24, 2.45) is 0 Å². The number of rotatable bonds is 0. The average molecular weight is 253 g/mol. The van der Waals surface area contributed by atoms with Gasteiger partial charge in [-0.1, -0.05) is 11.6 Å². The Morgan fingerprint density at radius 3 is 2.71 bits per heavy atom. The third kappa shape index (κ3) is 1.42. The molecule has 0 N–H and O–H groups in total. The Hall–Kier alpha value is -0.960. The van der Waals surface area contributed by atoms with E-state index in [1.165, 1.54) is 6.08 Å². The van der Waals surface area contributed by atoms with Gasteiger partial charge in [-0.05, 0) is 35.7 Å². The molecule has 0 aromatic rings. The summed E-state index contributed by atoms with van der Waals surface area (Å²) >= 11 is 3.11. The van der Waals surface area contributed by atoms with Gasteiger partial charge in [-0.2, -0.15) is 0 Å². The number of Topliss-reactive ketones (excluding diaryl/α,β-unsaturated/α-hetero) is 1. The summed E-state index contributed by atoms with van der Waals surface area (Å²) in [6, 6.07) is 0. The first-order valence-electron chi connectivity index (χ1n) is 4.43. The number of allylic oxidation sites excluding steroid dienone is 6. The molecular formula is C11H9BrO2. The maximum atomic E-state index is 11.7. The van der Waals surface area contributed by atoms with Crippen molar-refractivity contribution in [1.82, 2.24) is 0 Å². The SMILES string of the molecule is CC1=CCC2=C(C1)C(=O)C(Br)=CC2=O. The number of halogens is 1. The lowest BCUT2D eigenvalue weighted by Crippen LogP contribution is -2.19. The molecular weight excluding hydrogens is 244 g/mol. The van der Waals surface area contributed by atoms with E-state index in [4.69, 9.17) is 0 Å². The monoisotopic (exact) mass is 252 g/mol. The molecule has 0 amide bonds. The van der Waals surface area contributed by atoms with Crippen LogP contribution in [0.25, 0.3) is 0 Å². The Bertz CT molecular complexity index is 425. The Kier molecular flexibility index (Phi) is 2.27. The predicted molar refractivity (Wildman–Crippen MR) is 57.0 cm³/mol. The molecule has 14 heavy (non-hydrogen) atoms. The Morgan fingerprint density at radius 2 is 2.00 bits per heavy atom. The molecule has 0 fully saturated rings. The minimum absolute atomic E-state index is 0.0322. The first-order valence-corrected chi connectivity index (χ1v) is 5.23. The van der Waals surface area contributed by atoms with E-state index in [9.17, 15) is 9.59 Å². The molecule has 0 saturated heterocycles. The van der Waals surface area contributed by atoms with Gasteiger partial charge < -0.3 is 0 Å². The number of ketones is 2. The van der Waals surface area contributed by atoms with Crippen molar-refractivity contribution in [3.05, 3.63) is 33.4 Å². The van der Waals surface area contributed by atoms with Gasteiger partial charge in [0, 0.05) is 17.2 Å². The van der Waals surface area contributed by atoms with Crippen LogP contribution in [0.3, 0.4) is 0 Å². The summed E-state index contributed by atoms with van der Waals surface area (Å²) in [7, 11) is 0. The Morgan fingerprint density at radius 1 is 1.29 bits per heavy atom. The highest BCUT2D eigenvalue weighted by Crippen LogP contribution is 2.32. The maximum Gasteiger partial charge on any atom is 0.196 e. The fourth-order valence-electron chi connectivity index (χ4n) is 1.74. The van der Waals surface area contributed by atoms with Gasteiger partial charge >= 0.3 is 0 Å². The molecule has 0 bridgehead atoms. The van der Waals surface area contributed by atoms with E-state index in [0.29, 0.717) is 28.5 Å². The van der Waals surface area contributed by atoms with Gasteiger partial charge in [-0.25, -0.2) is 0 Å². The third-order valence-corrected chi connectivity index (χ3v) is 3.11. The topological polar surface area (TPSA) is 34.1 Å². The van der Waals surface area contributed by atoms with E-state index >= 15 is 0 Å². The molecule has 2 aliphatic carbocycles. The van der Waals surface area contributed by atoms with Gasteiger partial charge in [0.2, 0.25) is 0 Å². The first-order chi connectivity index (χ1) is 6.59. The first kappa shape index (κ1) is 9.59. The summed E-state index contributed by atoms with van der Waals surface area (Å²) < 4.78 is 0.385. The highest BCUT2D eigenvalue weighted by molar-refractivity contribution is 9.12. The molecule has 0 spiro atoms. The number of carbonyl (C=O) groups excluding carboxylic acids is 2. The molecule has 0 aromatic carbocycles. The molecule has 3 heteroatoms. The van der Waals surface area contributed by atoms with Crippen molar-refractivity contribution >= 4 is 27.5 Å². The van der Waals surface area contributed by atoms with Crippen molar-refractivity contribution in [2.45, 2.75) is 19.8 Å². The predicted octanol–water partition coefficient (Wildman–Crippen LogP) is 2.45. The Labute approximate surface area is 90.5 Å². The standard InChI is InChI=1S/C11H9BrO2/c1-6-2-3-7-8(4-6)11(14)9(12)5-10(7)13/h2,5H,3-4H2,1H3. The van der Waals surface area contributed by atoms with Crippen molar-refractivity contribution in [3.8, 4) is 0 Å². The van der Waals surface area contributed by atoms with Gasteiger partial charge in [-0.15, -0.1) is 0 Å². The van der Waals surface area contributed by atoms with Crippen LogP contribution in [-0.2, 0) is 9.59 Å². The van der Waals surface area contributed by atoms with Gasteiger partial charge in [-0.3, -0.25) is 9.59 Å². The van der Waals surface area contributed by atoms with Crippen molar-refractivity contribution in [2.75, 3.05) is 0 Å². The van der Waals surface area contributed by atoms with Crippen LogP contribution in [0, 0.1) is 0 Å². The number of hydrogen-bond acceptors (Lipinski definition) is 2. The second-order valence-electron chi connectivity index (χ2n) is 3.57. The van der Waals surface area contributed by atoms with Gasteiger partial charge in [0.15, 0.2) is 11.6 Å². The second kappa shape index (κ2) is 3.31. The zero-order valence-electron chi connectivity index (χ0n) is 7.76. The van der Waals surface area contributed by atoms with E-state index in [1.54, 1.807) is 0 Å². The quantitative estimate of drug-likeness (QED) is 0.491. The van der Waals surface area contributed by atoms with Crippen LogP contribution in [0.5, 0.6) is 0 Å². The summed E-state index contributed by atoms with van der Waals surface area (Å²) in [5.74, 6) is -0.0673. The lowest BCUT2D eigenvalue weighted by Gasteiger charge is -2.19. The molecule has 0 aromatic heterocycles. The highest BCUT2D eigenvalue weighted by atomic mass is 79.9. The fourth-order valence-corrected chi connectivity index (χ4v) is 2.18. The Balaban J connectivity index is 2.44. The normalized spacial score (nSPS) is 21.9. The van der Waals surface area contributed by atoms with Crippen LogP contribution < -0.4 is 0 Å². The smallest absolute Gasteiger partial charge is 0.196 e. The lowest BCUT2D eigenvalue weighted by atomic mass is 9.84. The summed E-state index contributed by atoms with van der Waals surface area (Å²) in [5, 5.41) is 0. The minimum Gasteiger partial charge on any atom is -0.290 e. The van der Waals surface area contributed by atoms with Crippen molar-refractivity contribution < 1.29 is 9.59 Å². The van der Waals surface area contributed by atoms with Crippen molar-refractivity contribution in [3.63, 3.8) is 0 Å². The van der Waals surface area contributed by atoms with E-state index < -0.39 is 0 Å². The number of hydrogen-bond donors (Lipinski definition) is 0. The maximum absolute atomic E-state index is 11.7. The lowest BCUT2D eigenvalue weighted by molar-refractivity contribution is -0.115. The third-order valence-electron chi connectivity index (χ3n) is 2.52. The summed E-state index contributed by atoms with van der Waals surface area (Å²) in [6.07, 6.45) is 4.60. The summed E-state index contributed by atoms with van der Waals surface area (Å²) in [6.45, 7) is 1.98. The van der Waals surface area contributed by atoms with Crippen LogP contribution in [-0.4, -0.2) is 11.6 Å². The molecule has 0 saturated carbocycles. The molecule has 0 heterocycles. The number of carbonyl (C=O) groups is 2. The molecule has 0 unspecified atom stereocenters. The van der Waals surface area contributed by atoms with Crippen LogP contribution in [0.15, 0.2) is 33.4 Å². The van der Waals surface area contributed by atoms with Crippen LogP contribution in [0.1, 0.15) is 19.8 Å². The average Bonchev–Trinajstić information content (AvgIpc) is 2.14. The van der Waals surface area contributed by atoms with Crippen LogP contribution in [0.2, 0.25) is 0 Å². The molecule has 2 aliphatic rings. The molecule has 2 nitrogen and oxygen atoms in total. The zero-order valence-corrected chi connectivity index (χ0v) is 9.35. The molecule has 0 aliphatic heterocycles. The van der Waals surface area contributed by atoms with E-state index in [2.05, 4.69) is 15.9 Å². The molecule has 72 valence electrons. The molecule has 2 rings (SSSR count). The summed E-state index contributed by atoms with van der Waals surface area (Å²) in [4.78, 5) is 23.2. The minimum atomic E-state index is -0.0351. The van der Waals surface area contributed by atoms with Crippen molar-refractivity contribution in [1.29, 1.82) is 0 Å². The van der Waals surface area contributed by atoms with Gasteiger partial charge in [0.1, 0.15) is 0 Å². The van der Waals surface area contributed by atoms with Gasteiger partial charge in [0.05, 0.1) is 4.48 Å². The molecule has 0 atom stereocenters. The second-order valence-corrected chi connectivity index (χ2v) is 4.43. The largest absolute Gasteiger partial charge is 0.290 e. The van der Waals surface area contributed by atoms with Gasteiger partial charge in [0.25, 0.3) is 0 Å². The molecule has 0 radical (unpaired) electrons. The fraction of sp³-hybridized carbons (Fsp3) is 0.273. The van der Waals surface area contributed by atoms with Crippen LogP contribution in [0.4, 0.5) is 0 Å². The van der Waals surface area contributed by atoms with E-state index in [0.717, 1.165) is 5.57 Å². The van der Waals surface area contributed by atoms with E-state index in [1.807, 2.05) is 13.0 Å². The van der Waals surface area contributed by atoms with Crippen LogP contribution >= 0.6 is 15.9 Å². The van der Waals surface area contributed by atoms with E-state index in [-0.39, 0.29) is 11.6 Å². The highest BCUT2D eigenvalue weighted by Gasteiger charge is 2.28. The summed E-state index contributed by atoms with van der Waals surface area (Å²) in [5.41, 5.74) is 2.50.